The summed E-state index contributed by atoms with van der Waals surface area (Å²) in [6.45, 7) is 2.08. The molecule has 1 aromatic carbocycles. The van der Waals surface area contributed by atoms with E-state index >= 15 is 0 Å². The highest BCUT2D eigenvalue weighted by Crippen LogP contribution is 2.26. The summed E-state index contributed by atoms with van der Waals surface area (Å²) in [6, 6.07) is 1.94. The number of hydrogen-bond acceptors (Lipinski definition) is 1. The molecular weight excluding hydrogens is 276 g/mol. The highest BCUT2D eigenvalue weighted by molar-refractivity contribution is 9.10. The Morgan fingerprint density at radius 2 is 1.81 bits per heavy atom. The van der Waals surface area contributed by atoms with E-state index in [4.69, 9.17) is 5.73 Å². The smallest absolute Gasteiger partial charge is 0.132 e. The molecule has 1 aromatic rings. The Labute approximate surface area is 103 Å². The Hall–Kier alpha value is -0.480. The van der Waals surface area contributed by atoms with Crippen molar-refractivity contribution < 1.29 is 8.78 Å². The highest BCUT2D eigenvalue weighted by atomic mass is 79.9. The van der Waals surface area contributed by atoms with E-state index in [1.807, 2.05) is 0 Å². The zero-order valence-corrected chi connectivity index (χ0v) is 10.9. The van der Waals surface area contributed by atoms with Gasteiger partial charge in [0.25, 0.3) is 0 Å². The number of halogens is 3. The SMILES string of the molecule is CCCCC[C@H](N)c1c(F)cc(Br)cc1F. The fourth-order valence-electron chi connectivity index (χ4n) is 1.67. The molecule has 0 amide bonds. The summed E-state index contributed by atoms with van der Waals surface area (Å²) in [6.07, 6.45) is 3.61. The first kappa shape index (κ1) is 13.6. The van der Waals surface area contributed by atoms with Crippen molar-refractivity contribution in [3.8, 4) is 0 Å². The largest absolute Gasteiger partial charge is 0.324 e. The first-order chi connectivity index (χ1) is 7.56. The first-order valence-electron chi connectivity index (χ1n) is 5.46. The van der Waals surface area contributed by atoms with Gasteiger partial charge in [-0.1, -0.05) is 42.1 Å². The topological polar surface area (TPSA) is 26.0 Å². The van der Waals surface area contributed by atoms with E-state index in [0.29, 0.717) is 10.9 Å². The molecule has 1 nitrogen and oxygen atoms in total. The molecule has 2 N–H and O–H groups in total. The van der Waals surface area contributed by atoms with E-state index < -0.39 is 17.7 Å². The zero-order valence-electron chi connectivity index (χ0n) is 9.27. The van der Waals surface area contributed by atoms with Crippen LogP contribution in [-0.2, 0) is 0 Å². The molecule has 0 heterocycles. The summed E-state index contributed by atoms with van der Waals surface area (Å²) in [5, 5.41) is 0. The molecule has 1 atom stereocenters. The maximum Gasteiger partial charge on any atom is 0.132 e. The summed E-state index contributed by atoms with van der Waals surface area (Å²) in [7, 11) is 0. The van der Waals surface area contributed by atoms with E-state index in [2.05, 4.69) is 22.9 Å². The molecule has 0 unspecified atom stereocenters. The second-order valence-corrected chi connectivity index (χ2v) is 4.80. The van der Waals surface area contributed by atoms with E-state index in [9.17, 15) is 8.78 Å². The van der Waals surface area contributed by atoms with E-state index in [-0.39, 0.29) is 5.56 Å². The summed E-state index contributed by atoms with van der Waals surface area (Å²) in [4.78, 5) is 0. The van der Waals surface area contributed by atoms with Crippen molar-refractivity contribution in [2.24, 2.45) is 5.73 Å². The van der Waals surface area contributed by atoms with Gasteiger partial charge in [0.1, 0.15) is 11.6 Å². The molecule has 0 bridgehead atoms. The lowest BCUT2D eigenvalue weighted by Gasteiger charge is -2.14. The Morgan fingerprint density at radius 3 is 2.31 bits per heavy atom. The molecule has 0 saturated heterocycles. The van der Waals surface area contributed by atoms with Gasteiger partial charge in [-0.3, -0.25) is 0 Å². The van der Waals surface area contributed by atoms with Crippen LogP contribution < -0.4 is 5.73 Å². The molecule has 1 rings (SSSR count). The normalized spacial score (nSPS) is 12.8. The van der Waals surface area contributed by atoms with Crippen molar-refractivity contribution in [1.82, 2.24) is 0 Å². The third kappa shape index (κ3) is 3.52. The third-order valence-corrected chi connectivity index (χ3v) is 2.99. The van der Waals surface area contributed by atoms with Gasteiger partial charge < -0.3 is 5.73 Å². The van der Waals surface area contributed by atoms with Crippen LogP contribution in [0.3, 0.4) is 0 Å². The minimum atomic E-state index is -0.573. The standard InChI is InChI=1S/C12H16BrF2N/c1-2-3-4-5-11(16)12-9(14)6-8(13)7-10(12)15/h6-7,11H,2-5,16H2,1H3/t11-/m0/s1. The van der Waals surface area contributed by atoms with E-state index in [0.717, 1.165) is 19.3 Å². The van der Waals surface area contributed by atoms with Gasteiger partial charge in [-0.05, 0) is 18.6 Å². The van der Waals surface area contributed by atoms with Crippen molar-refractivity contribution in [3.63, 3.8) is 0 Å². The Balaban J connectivity index is 2.78. The lowest BCUT2D eigenvalue weighted by atomic mass is 10.0. The molecule has 4 heteroatoms. The van der Waals surface area contributed by atoms with Crippen molar-refractivity contribution in [1.29, 1.82) is 0 Å². The molecule has 0 aromatic heterocycles. The number of rotatable bonds is 5. The molecule has 0 aliphatic heterocycles. The van der Waals surface area contributed by atoms with Gasteiger partial charge in [-0.15, -0.1) is 0 Å². The summed E-state index contributed by atoms with van der Waals surface area (Å²) in [5.74, 6) is -1.15. The monoisotopic (exact) mass is 291 g/mol. The Kier molecular flexibility index (Phi) is 5.35. The van der Waals surface area contributed by atoms with Gasteiger partial charge in [0.15, 0.2) is 0 Å². The van der Waals surface area contributed by atoms with Crippen molar-refractivity contribution in [2.75, 3.05) is 0 Å². The van der Waals surface area contributed by atoms with E-state index in [1.54, 1.807) is 0 Å². The third-order valence-electron chi connectivity index (χ3n) is 2.53. The van der Waals surface area contributed by atoms with Gasteiger partial charge in [0.2, 0.25) is 0 Å². The van der Waals surface area contributed by atoms with Gasteiger partial charge in [0.05, 0.1) is 0 Å². The summed E-state index contributed by atoms with van der Waals surface area (Å²) in [5.41, 5.74) is 5.79. The fraction of sp³-hybridized carbons (Fsp3) is 0.500. The van der Waals surface area contributed by atoms with E-state index in [1.165, 1.54) is 12.1 Å². The maximum atomic E-state index is 13.5. The number of nitrogens with two attached hydrogens (primary N) is 1. The molecule has 16 heavy (non-hydrogen) atoms. The predicted octanol–water partition coefficient (Wildman–Crippen LogP) is 4.31. The van der Waals surface area contributed by atoms with Crippen molar-refractivity contribution in [3.05, 3.63) is 33.8 Å². The fourth-order valence-corrected chi connectivity index (χ4v) is 2.07. The van der Waals surface area contributed by atoms with Crippen LogP contribution in [-0.4, -0.2) is 0 Å². The highest BCUT2D eigenvalue weighted by Gasteiger charge is 2.17. The average molecular weight is 292 g/mol. The molecule has 0 saturated carbocycles. The minimum absolute atomic E-state index is 0.000645. The van der Waals surface area contributed by atoms with Crippen LogP contribution in [0, 0.1) is 11.6 Å². The molecular formula is C12H16BrF2N. The second kappa shape index (κ2) is 6.30. The lowest BCUT2D eigenvalue weighted by Crippen LogP contribution is -2.14. The summed E-state index contributed by atoms with van der Waals surface area (Å²) >= 11 is 3.04. The molecule has 0 fully saturated rings. The van der Waals surface area contributed by atoms with Crippen LogP contribution in [0.15, 0.2) is 16.6 Å². The lowest BCUT2D eigenvalue weighted by molar-refractivity contribution is 0.497. The van der Waals surface area contributed by atoms with Crippen LogP contribution in [0.2, 0.25) is 0 Å². The summed E-state index contributed by atoms with van der Waals surface area (Å²) < 4.78 is 27.4. The average Bonchev–Trinajstić information content (AvgIpc) is 2.16. The Bertz CT molecular complexity index is 332. The predicted molar refractivity (Wildman–Crippen MR) is 65.1 cm³/mol. The van der Waals surface area contributed by atoms with Crippen LogP contribution in [0.5, 0.6) is 0 Å². The van der Waals surface area contributed by atoms with Crippen molar-refractivity contribution in [2.45, 2.75) is 38.6 Å². The first-order valence-corrected chi connectivity index (χ1v) is 6.25. The number of benzene rings is 1. The van der Waals surface area contributed by atoms with Crippen molar-refractivity contribution >= 4 is 15.9 Å². The molecule has 0 spiro atoms. The van der Waals surface area contributed by atoms with Crippen LogP contribution in [0.25, 0.3) is 0 Å². The van der Waals surface area contributed by atoms with Crippen LogP contribution in [0.1, 0.15) is 44.2 Å². The van der Waals surface area contributed by atoms with Gasteiger partial charge >= 0.3 is 0 Å². The quantitative estimate of drug-likeness (QED) is 0.804. The molecule has 0 radical (unpaired) electrons. The second-order valence-electron chi connectivity index (χ2n) is 3.89. The van der Waals surface area contributed by atoms with Crippen LogP contribution in [0.4, 0.5) is 8.78 Å². The molecule has 0 aliphatic carbocycles. The van der Waals surface area contributed by atoms with Gasteiger partial charge in [-0.2, -0.15) is 0 Å². The zero-order chi connectivity index (χ0) is 12.1. The number of hydrogen-bond donors (Lipinski definition) is 1. The molecule has 0 aliphatic rings. The number of unbranched alkanes of at least 4 members (excludes halogenated alkanes) is 2. The van der Waals surface area contributed by atoms with Crippen LogP contribution >= 0.6 is 15.9 Å². The molecule has 90 valence electrons. The maximum absolute atomic E-state index is 13.5. The minimum Gasteiger partial charge on any atom is -0.324 e. The van der Waals surface area contributed by atoms with Gasteiger partial charge in [0, 0.05) is 16.1 Å². The Morgan fingerprint density at radius 1 is 1.25 bits per heavy atom. The van der Waals surface area contributed by atoms with Gasteiger partial charge in [-0.25, -0.2) is 8.78 Å².